The Bertz CT molecular complexity index is 432. The lowest BCUT2D eigenvalue weighted by atomic mass is 9.97. The second kappa shape index (κ2) is 4.55. The third-order valence-corrected chi connectivity index (χ3v) is 3.11. The van der Waals surface area contributed by atoms with E-state index in [0.29, 0.717) is 4.91 Å². The van der Waals surface area contributed by atoms with E-state index in [1.54, 1.807) is 0 Å². The maximum atomic E-state index is 10.9. The molecule has 1 N–H and O–H groups in total. The Morgan fingerprint density at radius 1 is 1.20 bits per heavy atom. The van der Waals surface area contributed by atoms with Crippen molar-refractivity contribution in [3.8, 4) is 0 Å². The third kappa shape index (κ3) is 2.43. The third-order valence-electron chi connectivity index (χ3n) is 2.42. The van der Waals surface area contributed by atoms with Crippen molar-refractivity contribution < 1.29 is 8.76 Å². The van der Waals surface area contributed by atoms with E-state index in [9.17, 15) is 4.21 Å². The molecule has 1 unspecified atom stereocenters. The molecule has 0 saturated heterocycles. The van der Waals surface area contributed by atoms with Gasteiger partial charge in [-0.3, -0.25) is 0 Å². The lowest BCUT2D eigenvalue weighted by molar-refractivity contribution is 0.572. The normalized spacial score (nSPS) is 17.9. The van der Waals surface area contributed by atoms with Crippen LogP contribution in [0.25, 0.3) is 5.57 Å². The van der Waals surface area contributed by atoms with Gasteiger partial charge in [-0.25, -0.2) is 4.21 Å². The fourth-order valence-electron chi connectivity index (χ4n) is 1.67. The fourth-order valence-corrected chi connectivity index (χ4v) is 2.18. The van der Waals surface area contributed by atoms with Crippen LogP contribution in [0.4, 0.5) is 0 Å². The van der Waals surface area contributed by atoms with Crippen LogP contribution >= 0.6 is 0 Å². The van der Waals surface area contributed by atoms with Gasteiger partial charge in [0, 0.05) is 0 Å². The van der Waals surface area contributed by atoms with Crippen molar-refractivity contribution in [2.24, 2.45) is 0 Å². The van der Waals surface area contributed by atoms with E-state index < -0.39 is 11.1 Å². The first-order chi connectivity index (χ1) is 7.27. The molecule has 0 amide bonds. The molecule has 1 aromatic carbocycles. The van der Waals surface area contributed by atoms with E-state index in [0.717, 1.165) is 24.0 Å². The van der Waals surface area contributed by atoms with Crippen LogP contribution in [-0.4, -0.2) is 8.76 Å². The van der Waals surface area contributed by atoms with Gasteiger partial charge in [-0.05, 0) is 30.1 Å². The molecule has 1 aromatic rings. The Morgan fingerprint density at radius 3 is 2.60 bits per heavy atom. The van der Waals surface area contributed by atoms with Gasteiger partial charge in [-0.15, -0.1) is 0 Å². The quantitative estimate of drug-likeness (QED) is 0.778. The van der Waals surface area contributed by atoms with Gasteiger partial charge < -0.3 is 4.55 Å². The van der Waals surface area contributed by atoms with Gasteiger partial charge in [0.05, 0.1) is 4.91 Å². The van der Waals surface area contributed by atoms with Crippen molar-refractivity contribution in [1.29, 1.82) is 0 Å². The average Bonchev–Trinajstić information content (AvgIpc) is 2.30. The number of hydrogen-bond donors (Lipinski definition) is 1. The lowest BCUT2D eigenvalue weighted by Crippen LogP contribution is -1.97. The molecular formula is C12H12O2S. The first-order valence-corrected chi connectivity index (χ1v) is 5.95. The predicted octanol–water partition coefficient (Wildman–Crippen LogP) is 2.97. The van der Waals surface area contributed by atoms with E-state index in [-0.39, 0.29) is 0 Å². The van der Waals surface area contributed by atoms with Crippen LogP contribution in [0.1, 0.15) is 18.4 Å². The molecule has 1 aliphatic carbocycles. The zero-order valence-electron chi connectivity index (χ0n) is 8.22. The van der Waals surface area contributed by atoms with Crippen molar-refractivity contribution >= 4 is 16.7 Å². The zero-order chi connectivity index (χ0) is 10.7. The molecule has 0 spiro atoms. The molecule has 0 aliphatic heterocycles. The van der Waals surface area contributed by atoms with Crippen LogP contribution in [0.5, 0.6) is 0 Å². The van der Waals surface area contributed by atoms with Crippen LogP contribution in [-0.2, 0) is 11.1 Å². The van der Waals surface area contributed by atoms with E-state index in [2.05, 4.69) is 0 Å². The summed E-state index contributed by atoms with van der Waals surface area (Å²) in [5, 5.41) is 0. The maximum Gasteiger partial charge on any atom is 0.186 e. The first kappa shape index (κ1) is 10.3. The Labute approximate surface area is 91.6 Å². The fraction of sp³-hybridized carbons (Fsp3) is 0.167. The summed E-state index contributed by atoms with van der Waals surface area (Å²) in [6.07, 6.45) is 5.41. The topological polar surface area (TPSA) is 37.3 Å². The van der Waals surface area contributed by atoms with Crippen molar-refractivity contribution in [3.63, 3.8) is 0 Å². The summed E-state index contributed by atoms with van der Waals surface area (Å²) in [5.41, 5.74) is 2.27. The van der Waals surface area contributed by atoms with Gasteiger partial charge in [0.15, 0.2) is 11.1 Å². The minimum atomic E-state index is -1.86. The first-order valence-electron chi connectivity index (χ1n) is 4.84. The average molecular weight is 220 g/mol. The predicted molar refractivity (Wildman–Crippen MR) is 62.5 cm³/mol. The standard InChI is InChI=1S/C12H12O2S/c13-15(14)12-8-4-7-11(9-12)10-5-2-1-3-6-10/h1-3,5-6,8-9H,4,7H2,(H,13,14). The number of rotatable bonds is 2. The van der Waals surface area contributed by atoms with E-state index in [1.165, 1.54) is 0 Å². The second-order valence-corrected chi connectivity index (χ2v) is 4.40. The molecule has 0 bridgehead atoms. The highest BCUT2D eigenvalue weighted by Gasteiger charge is 2.10. The SMILES string of the molecule is O=S(O)C1=CCCC(c2ccccc2)=C1. The largest absolute Gasteiger partial charge is 0.302 e. The van der Waals surface area contributed by atoms with Crippen molar-refractivity contribution in [2.75, 3.05) is 0 Å². The van der Waals surface area contributed by atoms with Gasteiger partial charge in [0.2, 0.25) is 0 Å². The van der Waals surface area contributed by atoms with E-state index in [1.807, 2.05) is 42.5 Å². The van der Waals surface area contributed by atoms with Crippen LogP contribution in [0, 0.1) is 0 Å². The Morgan fingerprint density at radius 2 is 1.93 bits per heavy atom. The van der Waals surface area contributed by atoms with Crippen molar-refractivity contribution in [3.05, 3.63) is 53.0 Å². The molecule has 2 rings (SSSR count). The number of hydrogen-bond acceptors (Lipinski definition) is 1. The highest BCUT2D eigenvalue weighted by Crippen LogP contribution is 2.26. The van der Waals surface area contributed by atoms with Crippen LogP contribution in [0.2, 0.25) is 0 Å². The van der Waals surface area contributed by atoms with Gasteiger partial charge in [-0.2, -0.15) is 0 Å². The molecule has 0 heterocycles. The monoisotopic (exact) mass is 220 g/mol. The molecule has 0 fully saturated rings. The van der Waals surface area contributed by atoms with Gasteiger partial charge in [0.1, 0.15) is 0 Å². The van der Waals surface area contributed by atoms with Crippen LogP contribution < -0.4 is 0 Å². The number of benzene rings is 1. The Hall–Kier alpha value is -1.19. The molecule has 0 saturated carbocycles. The number of allylic oxidation sites excluding steroid dienone is 3. The summed E-state index contributed by atoms with van der Waals surface area (Å²) < 4.78 is 19.9. The summed E-state index contributed by atoms with van der Waals surface area (Å²) in [4.78, 5) is 0.514. The van der Waals surface area contributed by atoms with Gasteiger partial charge in [0.25, 0.3) is 0 Å². The molecular weight excluding hydrogens is 208 g/mol. The Kier molecular flexibility index (Phi) is 3.14. The zero-order valence-corrected chi connectivity index (χ0v) is 9.04. The molecule has 0 aromatic heterocycles. The van der Waals surface area contributed by atoms with Crippen molar-refractivity contribution in [2.45, 2.75) is 12.8 Å². The lowest BCUT2D eigenvalue weighted by Gasteiger charge is -2.11. The minimum Gasteiger partial charge on any atom is -0.302 e. The molecule has 2 nitrogen and oxygen atoms in total. The molecule has 1 atom stereocenters. The highest BCUT2D eigenvalue weighted by molar-refractivity contribution is 7.83. The molecule has 15 heavy (non-hydrogen) atoms. The molecule has 78 valence electrons. The molecule has 3 heteroatoms. The Balaban J connectivity index is 2.32. The minimum absolute atomic E-state index is 0.514. The summed E-state index contributed by atoms with van der Waals surface area (Å²) in [5.74, 6) is 0. The molecule has 1 aliphatic rings. The van der Waals surface area contributed by atoms with E-state index in [4.69, 9.17) is 4.55 Å². The van der Waals surface area contributed by atoms with Gasteiger partial charge >= 0.3 is 0 Å². The second-order valence-electron chi connectivity index (χ2n) is 3.43. The summed E-state index contributed by atoms with van der Waals surface area (Å²) >= 11 is -1.86. The van der Waals surface area contributed by atoms with Gasteiger partial charge in [-0.1, -0.05) is 36.4 Å². The maximum absolute atomic E-state index is 10.9. The highest BCUT2D eigenvalue weighted by atomic mass is 32.2. The smallest absolute Gasteiger partial charge is 0.186 e. The summed E-state index contributed by atoms with van der Waals surface area (Å²) in [6, 6.07) is 9.96. The van der Waals surface area contributed by atoms with Crippen molar-refractivity contribution in [1.82, 2.24) is 0 Å². The summed E-state index contributed by atoms with van der Waals surface area (Å²) in [6.45, 7) is 0. The van der Waals surface area contributed by atoms with Crippen LogP contribution in [0.15, 0.2) is 47.4 Å². The molecule has 0 radical (unpaired) electrons. The van der Waals surface area contributed by atoms with Crippen LogP contribution in [0.3, 0.4) is 0 Å². The van der Waals surface area contributed by atoms with E-state index >= 15 is 0 Å². The summed E-state index contributed by atoms with van der Waals surface area (Å²) in [7, 11) is 0.